The zero-order valence-corrected chi connectivity index (χ0v) is 14.9. The van der Waals surface area contributed by atoms with Gasteiger partial charge in [0.2, 0.25) is 0 Å². The van der Waals surface area contributed by atoms with Crippen molar-refractivity contribution in [3.05, 3.63) is 17.0 Å². The Kier molecular flexibility index (Phi) is 6.16. The average Bonchev–Trinajstić information content (AvgIpc) is 2.92. The van der Waals surface area contributed by atoms with Gasteiger partial charge in [-0.05, 0) is 38.0 Å². The summed E-state index contributed by atoms with van der Waals surface area (Å²) in [7, 11) is 0. The number of hydrogen-bond acceptors (Lipinski definition) is 1. The van der Waals surface area contributed by atoms with Gasteiger partial charge in [0.05, 0.1) is 17.1 Å². The number of rotatable bonds is 6. The van der Waals surface area contributed by atoms with Crippen LogP contribution < -0.4 is 0 Å². The Bertz CT molecular complexity index is 452. The van der Waals surface area contributed by atoms with Gasteiger partial charge in [0.1, 0.15) is 0 Å². The van der Waals surface area contributed by atoms with Gasteiger partial charge in [-0.2, -0.15) is 5.10 Å². The minimum Gasteiger partial charge on any atom is -0.266 e. The summed E-state index contributed by atoms with van der Waals surface area (Å²) in [6.07, 6.45) is 9.66. The molecule has 1 aromatic heterocycles. The first-order chi connectivity index (χ1) is 10.2. The molecule has 3 heteroatoms. The molecule has 3 unspecified atom stereocenters. The summed E-state index contributed by atoms with van der Waals surface area (Å²) in [6.45, 7) is 8.95. The van der Waals surface area contributed by atoms with E-state index in [1.807, 2.05) is 0 Å². The Labute approximate surface area is 135 Å². The van der Waals surface area contributed by atoms with Gasteiger partial charge in [0.25, 0.3) is 0 Å². The summed E-state index contributed by atoms with van der Waals surface area (Å²) in [5.41, 5.74) is 3.97. The van der Waals surface area contributed by atoms with Crippen LogP contribution in [0, 0.1) is 5.92 Å². The molecule has 1 saturated carbocycles. The molecule has 1 fully saturated rings. The molecule has 1 aromatic rings. The lowest BCUT2D eigenvalue weighted by molar-refractivity contribution is 0.212. The van der Waals surface area contributed by atoms with Crippen LogP contribution in [0.2, 0.25) is 0 Å². The Balaban J connectivity index is 2.45. The lowest BCUT2D eigenvalue weighted by atomic mass is 9.82. The van der Waals surface area contributed by atoms with Gasteiger partial charge < -0.3 is 0 Å². The number of alkyl halides is 1. The smallest absolute Gasteiger partial charge is 0.0671 e. The lowest BCUT2D eigenvalue weighted by Crippen LogP contribution is -2.25. The van der Waals surface area contributed by atoms with Crippen LogP contribution in [0.4, 0.5) is 0 Å². The minimum atomic E-state index is 0.118. The molecule has 21 heavy (non-hydrogen) atoms. The fourth-order valence-corrected chi connectivity index (χ4v) is 4.23. The molecule has 0 saturated heterocycles. The van der Waals surface area contributed by atoms with E-state index in [1.54, 1.807) is 0 Å². The predicted molar refractivity (Wildman–Crippen MR) is 91.2 cm³/mol. The Hall–Kier alpha value is -0.500. The summed E-state index contributed by atoms with van der Waals surface area (Å²) in [4.78, 5) is 0. The van der Waals surface area contributed by atoms with Crippen LogP contribution in [0.5, 0.6) is 0 Å². The van der Waals surface area contributed by atoms with Crippen LogP contribution in [0.1, 0.15) is 94.6 Å². The quantitative estimate of drug-likeness (QED) is 0.604. The molecular formula is C18H31ClN2. The van der Waals surface area contributed by atoms with E-state index in [1.165, 1.54) is 49.1 Å². The number of aromatic nitrogens is 2. The molecule has 0 aliphatic heterocycles. The number of halogens is 1. The highest BCUT2D eigenvalue weighted by Crippen LogP contribution is 2.39. The fourth-order valence-electron chi connectivity index (χ4n) is 3.97. The first kappa shape index (κ1) is 16.9. The molecule has 120 valence electrons. The molecule has 0 N–H and O–H groups in total. The van der Waals surface area contributed by atoms with E-state index >= 15 is 0 Å². The maximum atomic E-state index is 6.63. The van der Waals surface area contributed by atoms with Crippen LogP contribution in [0.25, 0.3) is 0 Å². The van der Waals surface area contributed by atoms with Crippen molar-refractivity contribution in [1.82, 2.24) is 9.78 Å². The van der Waals surface area contributed by atoms with Crippen LogP contribution in [-0.2, 0) is 12.8 Å². The van der Waals surface area contributed by atoms with Gasteiger partial charge in [-0.15, -0.1) is 11.6 Å². The third-order valence-corrected chi connectivity index (χ3v) is 5.70. The van der Waals surface area contributed by atoms with Crippen molar-refractivity contribution in [3.63, 3.8) is 0 Å². The van der Waals surface area contributed by atoms with E-state index in [2.05, 4.69) is 32.4 Å². The second-order valence-electron chi connectivity index (χ2n) is 6.35. The van der Waals surface area contributed by atoms with E-state index in [4.69, 9.17) is 16.7 Å². The molecule has 3 atom stereocenters. The van der Waals surface area contributed by atoms with Crippen LogP contribution in [-0.4, -0.2) is 9.78 Å². The van der Waals surface area contributed by atoms with E-state index in [0.29, 0.717) is 6.04 Å². The highest BCUT2D eigenvalue weighted by atomic mass is 35.5. The number of hydrogen-bond donors (Lipinski definition) is 0. The Morgan fingerprint density at radius 2 is 1.86 bits per heavy atom. The Morgan fingerprint density at radius 1 is 1.14 bits per heavy atom. The van der Waals surface area contributed by atoms with E-state index in [0.717, 1.165) is 25.2 Å². The molecule has 0 bridgehead atoms. The second kappa shape index (κ2) is 7.67. The predicted octanol–water partition coefficient (Wildman–Crippen LogP) is 5.84. The van der Waals surface area contributed by atoms with Crippen molar-refractivity contribution in [2.75, 3.05) is 0 Å². The third kappa shape index (κ3) is 3.31. The van der Waals surface area contributed by atoms with Gasteiger partial charge in [-0.3, -0.25) is 4.68 Å². The van der Waals surface area contributed by atoms with Crippen LogP contribution in [0.3, 0.4) is 0 Å². The van der Waals surface area contributed by atoms with E-state index < -0.39 is 0 Å². The average molecular weight is 311 g/mol. The molecule has 0 spiro atoms. The van der Waals surface area contributed by atoms with Gasteiger partial charge in [0, 0.05) is 11.3 Å². The van der Waals surface area contributed by atoms with Crippen molar-refractivity contribution < 1.29 is 0 Å². The number of nitrogens with zero attached hydrogens (tertiary/aromatic N) is 2. The zero-order valence-electron chi connectivity index (χ0n) is 14.2. The zero-order chi connectivity index (χ0) is 15.4. The molecule has 1 aliphatic rings. The topological polar surface area (TPSA) is 17.8 Å². The molecule has 1 aliphatic carbocycles. The molecule has 0 aromatic carbocycles. The number of aryl methyl sites for hydroxylation is 1. The second-order valence-corrected chi connectivity index (χ2v) is 6.88. The Morgan fingerprint density at radius 3 is 2.43 bits per heavy atom. The highest BCUT2D eigenvalue weighted by Gasteiger charge is 2.30. The summed E-state index contributed by atoms with van der Waals surface area (Å²) in [6, 6.07) is 0.596. The molecule has 0 radical (unpaired) electrons. The van der Waals surface area contributed by atoms with Crippen molar-refractivity contribution in [2.45, 2.75) is 90.5 Å². The maximum Gasteiger partial charge on any atom is 0.0671 e. The van der Waals surface area contributed by atoms with Crippen molar-refractivity contribution in [2.24, 2.45) is 5.92 Å². The van der Waals surface area contributed by atoms with Gasteiger partial charge in [-0.25, -0.2) is 0 Å². The maximum absolute atomic E-state index is 6.63. The molecular weight excluding hydrogens is 280 g/mol. The third-order valence-electron chi connectivity index (χ3n) is 5.18. The van der Waals surface area contributed by atoms with Gasteiger partial charge >= 0.3 is 0 Å². The molecule has 2 nitrogen and oxygen atoms in total. The normalized spacial score (nSPS) is 24.2. The highest BCUT2D eigenvalue weighted by molar-refractivity contribution is 6.21. The largest absolute Gasteiger partial charge is 0.266 e. The summed E-state index contributed by atoms with van der Waals surface area (Å²) in [5, 5.41) is 5.14. The molecule has 0 amide bonds. The first-order valence-corrected chi connectivity index (χ1v) is 9.35. The van der Waals surface area contributed by atoms with Crippen molar-refractivity contribution in [1.29, 1.82) is 0 Å². The van der Waals surface area contributed by atoms with E-state index in [-0.39, 0.29) is 5.38 Å². The lowest BCUT2D eigenvalue weighted by Gasteiger charge is -2.32. The van der Waals surface area contributed by atoms with Crippen LogP contribution in [0.15, 0.2) is 0 Å². The standard InChI is InChI=1S/C18H31ClN2/c1-5-13-11-9-10-12-17(13)21-16(8-4)18(14(19)6-2)15(7-3)20-21/h13-14,17H,5-12H2,1-4H3. The molecule has 2 rings (SSSR count). The van der Waals surface area contributed by atoms with Gasteiger partial charge in [0.15, 0.2) is 0 Å². The fraction of sp³-hybridized carbons (Fsp3) is 0.833. The molecule has 1 heterocycles. The van der Waals surface area contributed by atoms with Crippen LogP contribution >= 0.6 is 11.6 Å². The summed E-state index contributed by atoms with van der Waals surface area (Å²) >= 11 is 6.63. The van der Waals surface area contributed by atoms with Crippen molar-refractivity contribution in [3.8, 4) is 0 Å². The van der Waals surface area contributed by atoms with E-state index in [9.17, 15) is 0 Å². The first-order valence-electron chi connectivity index (χ1n) is 8.91. The minimum absolute atomic E-state index is 0.118. The summed E-state index contributed by atoms with van der Waals surface area (Å²) in [5.74, 6) is 0.789. The van der Waals surface area contributed by atoms with Crippen molar-refractivity contribution >= 4 is 11.6 Å². The summed E-state index contributed by atoms with van der Waals surface area (Å²) < 4.78 is 2.38. The van der Waals surface area contributed by atoms with Gasteiger partial charge in [-0.1, -0.05) is 47.0 Å². The SMILES string of the molecule is CCc1nn(C2CCCCC2CC)c(CC)c1C(Cl)CC. The monoisotopic (exact) mass is 310 g/mol.